The molecular weight excluding hydrogens is 222 g/mol. The molecule has 2 rings (SSSR count). The van der Waals surface area contributed by atoms with Crippen molar-refractivity contribution in [2.45, 2.75) is 33.6 Å². The summed E-state index contributed by atoms with van der Waals surface area (Å²) in [6, 6.07) is 6.27. The summed E-state index contributed by atoms with van der Waals surface area (Å²) >= 11 is 0. The number of aryl methyl sites for hydroxylation is 1. The van der Waals surface area contributed by atoms with Crippen LogP contribution in [-0.4, -0.2) is 31.7 Å². The lowest BCUT2D eigenvalue weighted by Crippen LogP contribution is -2.22. The van der Waals surface area contributed by atoms with E-state index in [1.807, 2.05) is 20.9 Å². The molecule has 0 amide bonds. The van der Waals surface area contributed by atoms with Gasteiger partial charge in [-0.1, -0.05) is 19.9 Å². The van der Waals surface area contributed by atoms with Crippen LogP contribution in [0, 0.1) is 12.8 Å². The molecule has 1 aliphatic rings. The smallest absolute Gasteiger partial charge is 0.128 e. The molecule has 1 aromatic heterocycles. The molecule has 3 nitrogen and oxygen atoms in total. The Balaban J connectivity index is 0.000000771. The highest BCUT2D eigenvalue weighted by atomic mass is 15.2. The molecule has 1 atom stereocenters. The molecule has 1 saturated heterocycles. The predicted octanol–water partition coefficient (Wildman–Crippen LogP) is 2.85. The van der Waals surface area contributed by atoms with E-state index in [9.17, 15) is 0 Å². The number of pyridine rings is 1. The Bertz CT molecular complexity index is 338. The number of nitrogens with zero attached hydrogens (tertiary/aromatic N) is 2. The Morgan fingerprint density at radius 2 is 2.17 bits per heavy atom. The maximum atomic E-state index is 4.58. The molecule has 0 aliphatic carbocycles. The van der Waals surface area contributed by atoms with E-state index in [4.69, 9.17) is 0 Å². The molecule has 2 heterocycles. The van der Waals surface area contributed by atoms with Gasteiger partial charge in [-0.15, -0.1) is 0 Å². The van der Waals surface area contributed by atoms with Crippen LogP contribution in [0.4, 0.5) is 5.82 Å². The zero-order valence-electron chi connectivity index (χ0n) is 12.2. The predicted molar refractivity (Wildman–Crippen MR) is 79.2 cm³/mol. The van der Waals surface area contributed by atoms with Gasteiger partial charge in [0.05, 0.1) is 0 Å². The van der Waals surface area contributed by atoms with Crippen LogP contribution >= 0.6 is 0 Å². The summed E-state index contributed by atoms with van der Waals surface area (Å²) in [5.74, 6) is 1.97. The van der Waals surface area contributed by atoms with E-state index < -0.39 is 0 Å². The fraction of sp³-hybridized carbons (Fsp3) is 0.667. The van der Waals surface area contributed by atoms with Gasteiger partial charge >= 0.3 is 0 Å². The van der Waals surface area contributed by atoms with Gasteiger partial charge in [-0.25, -0.2) is 4.98 Å². The Hall–Kier alpha value is -1.09. The zero-order valence-corrected chi connectivity index (χ0v) is 12.2. The third-order valence-corrected chi connectivity index (χ3v) is 3.29. The van der Waals surface area contributed by atoms with Crippen molar-refractivity contribution in [2.75, 3.05) is 31.6 Å². The Kier molecular flexibility index (Phi) is 6.73. The molecule has 3 heteroatoms. The van der Waals surface area contributed by atoms with Gasteiger partial charge in [-0.05, 0) is 51.4 Å². The van der Waals surface area contributed by atoms with Gasteiger partial charge in [-0.3, -0.25) is 0 Å². The van der Waals surface area contributed by atoms with E-state index >= 15 is 0 Å². The lowest BCUT2D eigenvalue weighted by Gasteiger charge is -2.17. The molecule has 1 fully saturated rings. The molecule has 0 saturated carbocycles. The van der Waals surface area contributed by atoms with Gasteiger partial charge in [0.15, 0.2) is 0 Å². The maximum absolute atomic E-state index is 4.58. The number of rotatable bonds is 4. The molecule has 18 heavy (non-hydrogen) atoms. The van der Waals surface area contributed by atoms with E-state index in [1.165, 1.54) is 12.8 Å². The van der Waals surface area contributed by atoms with E-state index in [1.54, 1.807) is 0 Å². The third-order valence-electron chi connectivity index (χ3n) is 3.29. The second kappa shape index (κ2) is 8.09. The van der Waals surface area contributed by atoms with Crippen molar-refractivity contribution in [3.05, 3.63) is 23.9 Å². The molecular formula is C15H27N3. The van der Waals surface area contributed by atoms with Crippen molar-refractivity contribution in [2.24, 2.45) is 5.92 Å². The van der Waals surface area contributed by atoms with Gasteiger partial charge in [0.1, 0.15) is 5.82 Å². The van der Waals surface area contributed by atoms with E-state index in [0.29, 0.717) is 0 Å². The van der Waals surface area contributed by atoms with Crippen molar-refractivity contribution >= 4 is 5.82 Å². The second-order valence-electron chi connectivity index (χ2n) is 4.63. The van der Waals surface area contributed by atoms with Crippen LogP contribution in [0.5, 0.6) is 0 Å². The second-order valence-corrected chi connectivity index (χ2v) is 4.63. The molecule has 0 aromatic carbocycles. The van der Waals surface area contributed by atoms with Gasteiger partial charge in [0.2, 0.25) is 0 Å². The highest BCUT2D eigenvalue weighted by Crippen LogP contribution is 2.23. The summed E-state index contributed by atoms with van der Waals surface area (Å²) in [4.78, 5) is 6.99. The van der Waals surface area contributed by atoms with Crippen LogP contribution in [0.15, 0.2) is 18.2 Å². The average molecular weight is 249 g/mol. The zero-order chi connectivity index (χ0) is 13.4. The number of anilines is 1. The van der Waals surface area contributed by atoms with Gasteiger partial charge in [-0.2, -0.15) is 0 Å². The summed E-state index contributed by atoms with van der Waals surface area (Å²) in [7, 11) is 2.02. The fourth-order valence-corrected chi connectivity index (χ4v) is 2.33. The minimum atomic E-state index is 0.828. The SMILES string of the molecule is CC.CNCCC1CCN(c2cccc(C)n2)C1. The number of hydrogen-bond donors (Lipinski definition) is 1. The van der Waals surface area contributed by atoms with Crippen LogP contribution in [0.25, 0.3) is 0 Å². The number of hydrogen-bond acceptors (Lipinski definition) is 3. The van der Waals surface area contributed by atoms with Crippen LogP contribution in [0.2, 0.25) is 0 Å². The first-order chi connectivity index (χ1) is 8.79. The van der Waals surface area contributed by atoms with Gasteiger partial charge < -0.3 is 10.2 Å². The molecule has 1 unspecified atom stereocenters. The molecule has 102 valence electrons. The van der Waals surface area contributed by atoms with Crippen LogP contribution < -0.4 is 10.2 Å². The van der Waals surface area contributed by atoms with Gasteiger partial charge in [0, 0.05) is 18.8 Å². The molecule has 0 bridgehead atoms. The number of aromatic nitrogens is 1. The Morgan fingerprint density at radius 1 is 1.39 bits per heavy atom. The van der Waals surface area contributed by atoms with Crippen molar-refractivity contribution in [1.82, 2.24) is 10.3 Å². The minimum Gasteiger partial charge on any atom is -0.356 e. The Labute approximate surface area is 112 Å². The lowest BCUT2D eigenvalue weighted by atomic mass is 10.1. The first-order valence-electron chi connectivity index (χ1n) is 7.13. The quantitative estimate of drug-likeness (QED) is 0.889. The Morgan fingerprint density at radius 3 is 2.83 bits per heavy atom. The third kappa shape index (κ3) is 4.30. The summed E-state index contributed by atoms with van der Waals surface area (Å²) in [5, 5.41) is 3.22. The fourth-order valence-electron chi connectivity index (χ4n) is 2.33. The summed E-state index contributed by atoms with van der Waals surface area (Å²) in [6.07, 6.45) is 2.58. The molecule has 1 aromatic rings. The molecule has 0 radical (unpaired) electrons. The monoisotopic (exact) mass is 249 g/mol. The highest BCUT2D eigenvalue weighted by molar-refractivity contribution is 5.40. The molecule has 1 N–H and O–H groups in total. The topological polar surface area (TPSA) is 28.2 Å². The highest BCUT2D eigenvalue weighted by Gasteiger charge is 2.22. The van der Waals surface area contributed by atoms with Crippen molar-refractivity contribution in [3.63, 3.8) is 0 Å². The van der Waals surface area contributed by atoms with E-state index in [2.05, 4.69) is 40.3 Å². The lowest BCUT2D eigenvalue weighted by molar-refractivity contribution is 0.521. The largest absolute Gasteiger partial charge is 0.356 e. The first-order valence-corrected chi connectivity index (χ1v) is 7.13. The molecule has 1 aliphatic heterocycles. The maximum Gasteiger partial charge on any atom is 0.128 e. The average Bonchev–Trinajstić information content (AvgIpc) is 2.87. The minimum absolute atomic E-state index is 0.828. The van der Waals surface area contributed by atoms with Crippen molar-refractivity contribution in [1.29, 1.82) is 0 Å². The van der Waals surface area contributed by atoms with Crippen LogP contribution in [-0.2, 0) is 0 Å². The normalized spacial score (nSPS) is 18.4. The van der Waals surface area contributed by atoms with Crippen LogP contribution in [0.1, 0.15) is 32.4 Å². The van der Waals surface area contributed by atoms with Crippen LogP contribution in [0.3, 0.4) is 0 Å². The van der Waals surface area contributed by atoms with E-state index in [-0.39, 0.29) is 0 Å². The molecule has 0 spiro atoms. The van der Waals surface area contributed by atoms with Crippen molar-refractivity contribution in [3.8, 4) is 0 Å². The first kappa shape index (κ1) is 15.0. The van der Waals surface area contributed by atoms with Gasteiger partial charge in [0.25, 0.3) is 0 Å². The van der Waals surface area contributed by atoms with E-state index in [0.717, 1.165) is 37.1 Å². The summed E-state index contributed by atoms with van der Waals surface area (Å²) < 4.78 is 0. The standard InChI is InChI=1S/C13H21N3.C2H6/c1-11-4-3-5-13(15-11)16-9-7-12(10-16)6-8-14-2;1-2/h3-5,12,14H,6-10H2,1-2H3;1-2H3. The summed E-state index contributed by atoms with van der Waals surface area (Å²) in [6.45, 7) is 9.50. The van der Waals surface area contributed by atoms with Crippen molar-refractivity contribution < 1.29 is 0 Å². The summed E-state index contributed by atoms with van der Waals surface area (Å²) in [5.41, 5.74) is 1.11. The number of nitrogens with one attached hydrogen (secondary N) is 1.